The van der Waals surface area contributed by atoms with Crippen molar-refractivity contribution in [3.63, 3.8) is 0 Å². The van der Waals surface area contributed by atoms with Crippen molar-refractivity contribution in [2.24, 2.45) is 0 Å². The molecule has 2 heterocycles. The van der Waals surface area contributed by atoms with E-state index in [9.17, 15) is 9.59 Å². The fourth-order valence-corrected chi connectivity index (χ4v) is 3.38. The molecule has 0 saturated carbocycles. The van der Waals surface area contributed by atoms with Crippen LogP contribution in [0.15, 0.2) is 54.9 Å². The molecule has 6 nitrogen and oxygen atoms in total. The number of benzene rings is 1. The van der Waals surface area contributed by atoms with E-state index in [0.717, 1.165) is 23.7 Å². The highest BCUT2D eigenvalue weighted by molar-refractivity contribution is 7.15. The van der Waals surface area contributed by atoms with Gasteiger partial charge in [0.25, 0.3) is 5.91 Å². The van der Waals surface area contributed by atoms with E-state index >= 15 is 0 Å². The highest BCUT2D eigenvalue weighted by atomic mass is 32.1. The normalized spacial score (nSPS) is 10.5. The lowest BCUT2D eigenvalue weighted by Crippen LogP contribution is -2.25. The molecule has 1 amide bonds. The molecule has 3 rings (SSSR count). The Bertz CT molecular complexity index is 886. The topological polar surface area (TPSA) is 73.2 Å². The highest BCUT2D eigenvalue weighted by Crippen LogP contribution is 2.17. The van der Waals surface area contributed by atoms with E-state index in [4.69, 9.17) is 0 Å². The molecule has 134 valence electrons. The van der Waals surface area contributed by atoms with Gasteiger partial charge < -0.3 is 14.6 Å². The molecule has 7 heteroatoms. The molecular weight excluding hydrogens is 350 g/mol. The van der Waals surface area contributed by atoms with E-state index in [1.807, 2.05) is 24.4 Å². The molecule has 26 heavy (non-hydrogen) atoms. The summed E-state index contributed by atoms with van der Waals surface area (Å²) in [4.78, 5) is 28.9. The third-order valence-corrected chi connectivity index (χ3v) is 4.91. The summed E-state index contributed by atoms with van der Waals surface area (Å²) in [5, 5.41) is 2.86. The first-order valence-corrected chi connectivity index (χ1v) is 8.99. The Morgan fingerprint density at radius 3 is 2.69 bits per heavy atom. The first-order chi connectivity index (χ1) is 12.7. The maximum absolute atomic E-state index is 12.2. The fraction of sp³-hybridized carbons (Fsp3) is 0.211. The maximum Gasteiger partial charge on any atom is 0.348 e. The molecule has 0 fully saturated rings. The summed E-state index contributed by atoms with van der Waals surface area (Å²) < 4.78 is 6.72. The van der Waals surface area contributed by atoms with Crippen LogP contribution in [-0.2, 0) is 17.7 Å². The summed E-state index contributed by atoms with van der Waals surface area (Å²) in [7, 11) is 1.32. The summed E-state index contributed by atoms with van der Waals surface area (Å²) in [6, 6.07) is 13.4. The summed E-state index contributed by atoms with van der Waals surface area (Å²) in [5.74, 6) is 0.277. The summed E-state index contributed by atoms with van der Waals surface area (Å²) in [6.07, 6.45) is 4.33. The summed E-state index contributed by atoms with van der Waals surface area (Å²) in [5.41, 5.74) is 1.20. The van der Waals surface area contributed by atoms with Crippen LogP contribution in [0.1, 0.15) is 30.7 Å². The van der Waals surface area contributed by atoms with Gasteiger partial charge in [-0.15, -0.1) is 11.3 Å². The number of thiophene rings is 1. The summed E-state index contributed by atoms with van der Waals surface area (Å²) >= 11 is 1.12. The van der Waals surface area contributed by atoms with Gasteiger partial charge in [-0.2, -0.15) is 0 Å². The molecule has 0 aliphatic rings. The maximum atomic E-state index is 12.2. The van der Waals surface area contributed by atoms with Gasteiger partial charge in [-0.05, 0) is 17.7 Å². The molecule has 0 atom stereocenters. The molecule has 2 aromatic heterocycles. The number of hydrogen-bond donors (Lipinski definition) is 1. The van der Waals surface area contributed by atoms with Crippen LogP contribution in [0.25, 0.3) is 0 Å². The number of rotatable bonds is 7. The second-order valence-electron chi connectivity index (χ2n) is 5.62. The van der Waals surface area contributed by atoms with E-state index in [-0.39, 0.29) is 5.91 Å². The Labute approximate surface area is 155 Å². The van der Waals surface area contributed by atoms with Gasteiger partial charge in [0.15, 0.2) is 0 Å². The number of amides is 1. The average molecular weight is 369 g/mol. The van der Waals surface area contributed by atoms with Gasteiger partial charge in [0.2, 0.25) is 0 Å². The van der Waals surface area contributed by atoms with E-state index in [1.165, 1.54) is 12.7 Å². The standard InChI is InChI=1S/C19H19N3O3S/c1-25-19(24)16-8-7-15(26-16)18(23)21-10-9-17-20-11-12-22(17)13-14-5-3-2-4-6-14/h2-8,11-12H,9-10,13H2,1H3,(H,21,23). The van der Waals surface area contributed by atoms with E-state index in [2.05, 4.69) is 31.7 Å². The van der Waals surface area contributed by atoms with Crippen LogP contribution in [0.3, 0.4) is 0 Å². The van der Waals surface area contributed by atoms with Gasteiger partial charge in [0, 0.05) is 31.9 Å². The lowest BCUT2D eigenvalue weighted by molar-refractivity contribution is 0.0606. The highest BCUT2D eigenvalue weighted by Gasteiger charge is 2.14. The fourth-order valence-electron chi connectivity index (χ4n) is 2.54. The number of nitrogens with one attached hydrogen (secondary N) is 1. The van der Waals surface area contributed by atoms with Crippen molar-refractivity contribution in [2.45, 2.75) is 13.0 Å². The molecule has 0 aliphatic heterocycles. The smallest absolute Gasteiger partial charge is 0.348 e. The minimum atomic E-state index is -0.433. The zero-order valence-electron chi connectivity index (χ0n) is 14.3. The first-order valence-electron chi connectivity index (χ1n) is 8.17. The molecule has 0 saturated heterocycles. The Morgan fingerprint density at radius 1 is 1.15 bits per heavy atom. The van der Waals surface area contributed by atoms with Gasteiger partial charge in [-0.25, -0.2) is 9.78 Å². The average Bonchev–Trinajstić information content (AvgIpc) is 3.32. The van der Waals surface area contributed by atoms with Gasteiger partial charge in [0.1, 0.15) is 10.7 Å². The number of ether oxygens (including phenoxy) is 1. The van der Waals surface area contributed by atoms with Gasteiger partial charge in [-0.1, -0.05) is 30.3 Å². The van der Waals surface area contributed by atoms with Crippen molar-refractivity contribution < 1.29 is 14.3 Å². The molecule has 3 aromatic rings. The van der Waals surface area contributed by atoms with Crippen LogP contribution in [0, 0.1) is 0 Å². The van der Waals surface area contributed by atoms with Crippen LogP contribution in [-0.4, -0.2) is 35.1 Å². The minimum absolute atomic E-state index is 0.202. The zero-order valence-corrected chi connectivity index (χ0v) is 15.2. The molecular formula is C19H19N3O3S. The summed E-state index contributed by atoms with van der Waals surface area (Å²) in [6.45, 7) is 1.22. The predicted octanol–water partition coefficient (Wildman–Crippen LogP) is 2.75. The van der Waals surface area contributed by atoms with Gasteiger partial charge >= 0.3 is 5.97 Å². The monoisotopic (exact) mass is 369 g/mol. The van der Waals surface area contributed by atoms with Crippen LogP contribution >= 0.6 is 11.3 Å². The molecule has 0 aliphatic carbocycles. The van der Waals surface area contributed by atoms with E-state index in [0.29, 0.717) is 22.7 Å². The Kier molecular flexibility index (Phi) is 5.80. The minimum Gasteiger partial charge on any atom is -0.465 e. The van der Waals surface area contributed by atoms with Crippen molar-refractivity contribution in [3.05, 3.63) is 76.0 Å². The van der Waals surface area contributed by atoms with Crippen LogP contribution in [0.4, 0.5) is 0 Å². The number of carbonyl (C=O) groups is 2. The number of methoxy groups -OCH3 is 1. The predicted molar refractivity (Wildman–Crippen MR) is 99.5 cm³/mol. The molecule has 0 bridgehead atoms. The van der Waals surface area contributed by atoms with Crippen molar-refractivity contribution in [2.75, 3.05) is 13.7 Å². The number of aromatic nitrogens is 2. The van der Waals surface area contributed by atoms with Crippen molar-refractivity contribution in [1.82, 2.24) is 14.9 Å². The van der Waals surface area contributed by atoms with Crippen LogP contribution in [0.2, 0.25) is 0 Å². The van der Waals surface area contributed by atoms with Crippen LogP contribution in [0.5, 0.6) is 0 Å². The Hall–Kier alpha value is -2.93. The second kappa shape index (κ2) is 8.44. The third kappa shape index (κ3) is 4.37. The molecule has 1 aromatic carbocycles. The molecule has 1 N–H and O–H groups in total. The second-order valence-corrected chi connectivity index (χ2v) is 6.70. The van der Waals surface area contributed by atoms with E-state index < -0.39 is 5.97 Å². The number of esters is 1. The first kappa shape index (κ1) is 17.9. The number of carbonyl (C=O) groups excluding carboxylic acids is 2. The lowest BCUT2D eigenvalue weighted by atomic mass is 10.2. The Balaban J connectivity index is 1.54. The Morgan fingerprint density at radius 2 is 1.92 bits per heavy atom. The van der Waals surface area contributed by atoms with Crippen molar-refractivity contribution in [3.8, 4) is 0 Å². The number of nitrogens with zero attached hydrogens (tertiary/aromatic N) is 2. The molecule has 0 unspecified atom stereocenters. The van der Waals surface area contributed by atoms with Crippen LogP contribution < -0.4 is 5.32 Å². The quantitative estimate of drug-likeness (QED) is 0.650. The number of hydrogen-bond acceptors (Lipinski definition) is 5. The largest absolute Gasteiger partial charge is 0.465 e. The zero-order chi connectivity index (χ0) is 18.4. The van der Waals surface area contributed by atoms with E-state index in [1.54, 1.807) is 18.3 Å². The lowest BCUT2D eigenvalue weighted by Gasteiger charge is -2.08. The third-order valence-electron chi connectivity index (χ3n) is 3.85. The number of imidazole rings is 1. The molecule has 0 spiro atoms. The SMILES string of the molecule is COC(=O)c1ccc(C(=O)NCCc2nccn2Cc2ccccc2)s1. The molecule has 0 radical (unpaired) electrons. The van der Waals surface area contributed by atoms with Gasteiger partial charge in [-0.3, -0.25) is 4.79 Å². The van der Waals surface area contributed by atoms with Crippen molar-refractivity contribution >= 4 is 23.2 Å². The van der Waals surface area contributed by atoms with Crippen molar-refractivity contribution in [1.29, 1.82) is 0 Å². The van der Waals surface area contributed by atoms with Gasteiger partial charge in [0.05, 0.1) is 12.0 Å².